The van der Waals surface area contributed by atoms with Gasteiger partial charge in [-0.2, -0.15) is 0 Å². The number of thioether (sulfide) groups is 1. The van der Waals surface area contributed by atoms with E-state index >= 15 is 0 Å². The van der Waals surface area contributed by atoms with Gasteiger partial charge in [0.05, 0.1) is 11.9 Å². The second-order valence-electron chi connectivity index (χ2n) is 5.11. The van der Waals surface area contributed by atoms with Crippen LogP contribution in [0.2, 0.25) is 0 Å². The topological polar surface area (TPSA) is 45.2 Å². The normalized spacial score (nSPS) is 10.3. The van der Waals surface area contributed by atoms with Gasteiger partial charge in [0.2, 0.25) is 5.91 Å². The van der Waals surface area contributed by atoms with Crippen molar-refractivity contribution in [1.29, 1.82) is 0 Å². The van der Waals surface area contributed by atoms with Crippen LogP contribution in [-0.4, -0.2) is 30.7 Å². The Hall–Kier alpha value is -2.01. The van der Waals surface area contributed by atoms with E-state index in [1.165, 1.54) is 4.90 Å². The van der Waals surface area contributed by atoms with Crippen LogP contribution in [0, 0.1) is 0 Å². The maximum absolute atomic E-state index is 11.9. The maximum Gasteiger partial charge on any atom is 0.224 e. The van der Waals surface area contributed by atoms with Gasteiger partial charge in [-0.25, -0.2) is 4.98 Å². The van der Waals surface area contributed by atoms with Crippen molar-refractivity contribution in [2.45, 2.75) is 17.7 Å². The second-order valence-corrected chi connectivity index (χ2v) is 6.28. The molecular weight excluding hydrogens is 294 g/mol. The third-order valence-electron chi connectivity index (χ3n) is 3.05. The summed E-state index contributed by atoms with van der Waals surface area (Å²) < 4.78 is 0. The fourth-order valence-corrected chi connectivity index (χ4v) is 2.76. The lowest BCUT2D eigenvalue weighted by molar-refractivity contribution is -0.116. The first-order valence-corrected chi connectivity index (χ1v) is 8.25. The summed E-state index contributed by atoms with van der Waals surface area (Å²) in [6.07, 6.45) is 3.07. The van der Waals surface area contributed by atoms with E-state index in [0.717, 1.165) is 23.7 Å². The van der Waals surface area contributed by atoms with Crippen LogP contribution in [-0.2, 0) is 4.79 Å². The summed E-state index contributed by atoms with van der Waals surface area (Å²) in [6, 6.07) is 14.0. The quantitative estimate of drug-likeness (QED) is 0.625. The van der Waals surface area contributed by atoms with Crippen molar-refractivity contribution in [3.63, 3.8) is 0 Å². The van der Waals surface area contributed by atoms with E-state index in [-0.39, 0.29) is 5.91 Å². The van der Waals surface area contributed by atoms with Gasteiger partial charge >= 0.3 is 0 Å². The first kappa shape index (κ1) is 16.4. The zero-order valence-electron chi connectivity index (χ0n) is 13.0. The largest absolute Gasteiger partial charge is 0.363 e. The number of nitrogens with zero attached hydrogens (tertiary/aromatic N) is 2. The number of anilines is 2. The Kier molecular flexibility index (Phi) is 6.27. The van der Waals surface area contributed by atoms with E-state index in [1.807, 2.05) is 49.3 Å². The molecule has 0 unspecified atom stereocenters. The highest BCUT2D eigenvalue weighted by Gasteiger charge is 2.04. The number of carbonyl (C=O) groups is 1. The van der Waals surface area contributed by atoms with Gasteiger partial charge in [0.1, 0.15) is 5.82 Å². The Morgan fingerprint density at radius 1 is 1.18 bits per heavy atom. The molecule has 2 aromatic rings. The fourth-order valence-electron chi connectivity index (χ4n) is 1.89. The summed E-state index contributed by atoms with van der Waals surface area (Å²) in [4.78, 5) is 19.3. The molecule has 0 aliphatic heterocycles. The van der Waals surface area contributed by atoms with Crippen LogP contribution in [0.1, 0.15) is 12.8 Å². The van der Waals surface area contributed by atoms with Gasteiger partial charge in [0.25, 0.3) is 0 Å². The Balaban J connectivity index is 1.69. The fraction of sp³-hybridized carbons (Fsp3) is 0.294. The molecule has 0 saturated heterocycles. The molecule has 1 amide bonds. The van der Waals surface area contributed by atoms with E-state index in [1.54, 1.807) is 18.0 Å². The van der Waals surface area contributed by atoms with Crippen LogP contribution in [0.5, 0.6) is 0 Å². The number of hydrogen-bond acceptors (Lipinski definition) is 4. The summed E-state index contributed by atoms with van der Waals surface area (Å²) in [7, 11) is 3.87. The van der Waals surface area contributed by atoms with E-state index < -0.39 is 0 Å². The van der Waals surface area contributed by atoms with Gasteiger partial charge in [-0.05, 0) is 36.4 Å². The molecule has 1 N–H and O–H groups in total. The second kappa shape index (κ2) is 8.44. The van der Waals surface area contributed by atoms with Gasteiger partial charge in [0, 0.05) is 25.4 Å². The molecule has 1 aromatic carbocycles. The lowest BCUT2D eigenvalue weighted by Gasteiger charge is -2.11. The maximum atomic E-state index is 11.9. The minimum atomic E-state index is 0.0352. The molecule has 1 heterocycles. The minimum Gasteiger partial charge on any atom is -0.363 e. The summed E-state index contributed by atoms with van der Waals surface area (Å²) in [6.45, 7) is 0. The summed E-state index contributed by atoms with van der Waals surface area (Å²) >= 11 is 1.78. The molecule has 4 nitrogen and oxygen atoms in total. The van der Waals surface area contributed by atoms with Gasteiger partial charge in [-0.1, -0.05) is 18.2 Å². The molecule has 0 radical (unpaired) electrons. The van der Waals surface area contributed by atoms with Crippen molar-refractivity contribution in [3.05, 3.63) is 48.7 Å². The molecule has 0 bridgehead atoms. The smallest absolute Gasteiger partial charge is 0.224 e. The SMILES string of the molecule is CN(C)c1ccc(NC(=O)CCCSc2ccccc2)cn1. The highest BCUT2D eigenvalue weighted by molar-refractivity contribution is 7.99. The molecule has 2 rings (SSSR count). The first-order chi connectivity index (χ1) is 10.6. The zero-order valence-corrected chi connectivity index (χ0v) is 13.8. The van der Waals surface area contributed by atoms with Crippen LogP contribution in [0.15, 0.2) is 53.6 Å². The minimum absolute atomic E-state index is 0.0352. The highest BCUT2D eigenvalue weighted by Crippen LogP contribution is 2.18. The number of rotatable bonds is 7. The predicted octanol–water partition coefficient (Wildman–Crippen LogP) is 3.66. The van der Waals surface area contributed by atoms with Crippen LogP contribution in [0.25, 0.3) is 0 Å². The summed E-state index contributed by atoms with van der Waals surface area (Å²) in [5, 5.41) is 2.88. The average Bonchev–Trinajstić information content (AvgIpc) is 2.53. The van der Waals surface area contributed by atoms with E-state index in [2.05, 4.69) is 22.4 Å². The Labute approximate surface area is 135 Å². The van der Waals surface area contributed by atoms with Gasteiger partial charge < -0.3 is 10.2 Å². The molecule has 116 valence electrons. The van der Waals surface area contributed by atoms with Crippen molar-refractivity contribution >= 4 is 29.2 Å². The third kappa shape index (κ3) is 5.41. The van der Waals surface area contributed by atoms with Gasteiger partial charge in [-0.3, -0.25) is 4.79 Å². The summed E-state index contributed by atoms with van der Waals surface area (Å²) in [5.74, 6) is 1.85. The molecule has 0 atom stereocenters. The molecule has 1 aromatic heterocycles. The number of pyridine rings is 1. The number of carbonyl (C=O) groups excluding carboxylic acids is 1. The number of benzene rings is 1. The van der Waals surface area contributed by atoms with Crippen LogP contribution in [0.3, 0.4) is 0 Å². The van der Waals surface area contributed by atoms with Crippen molar-refractivity contribution in [3.8, 4) is 0 Å². The number of nitrogens with one attached hydrogen (secondary N) is 1. The standard InChI is InChI=1S/C17H21N3OS/c1-20(2)16-11-10-14(13-18-16)19-17(21)9-6-12-22-15-7-4-3-5-8-15/h3-5,7-8,10-11,13H,6,9,12H2,1-2H3,(H,19,21). The van der Waals surface area contributed by atoms with Crippen molar-refractivity contribution in [2.75, 3.05) is 30.1 Å². The predicted molar refractivity (Wildman–Crippen MR) is 93.6 cm³/mol. The van der Waals surface area contributed by atoms with Gasteiger partial charge in [0.15, 0.2) is 0 Å². The van der Waals surface area contributed by atoms with Crippen LogP contribution >= 0.6 is 11.8 Å². The van der Waals surface area contributed by atoms with Crippen LogP contribution in [0.4, 0.5) is 11.5 Å². The lowest BCUT2D eigenvalue weighted by atomic mass is 10.3. The molecule has 0 spiro atoms. The number of aromatic nitrogens is 1. The number of amides is 1. The molecule has 22 heavy (non-hydrogen) atoms. The van der Waals surface area contributed by atoms with Crippen molar-refractivity contribution in [1.82, 2.24) is 4.98 Å². The Morgan fingerprint density at radius 2 is 1.95 bits per heavy atom. The Morgan fingerprint density at radius 3 is 2.59 bits per heavy atom. The van der Waals surface area contributed by atoms with Crippen LogP contribution < -0.4 is 10.2 Å². The lowest BCUT2D eigenvalue weighted by Crippen LogP contribution is -2.13. The average molecular weight is 315 g/mol. The molecule has 0 aliphatic carbocycles. The third-order valence-corrected chi connectivity index (χ3v) is 4.15. The van der Waals surface area contributed by atoms with E-state index in [9.17, 15) is 4.79 Å². The molecule has 0 saturated carbocycles. The molecule has 0 fully saturated rings. The summed E-state index contributed by atoms with van der Waals surface area (Å²) in [5.41, 5.74) is 0.742. The molecular formula is C17H21N3OS. The van der Waals surface area contributed by atoms with E-state index in [4.69, 9.17) is 0 Å². The van der Waals surface area contributed by atoms with Crippen molar-refractivity contribution < 1.29 is 4.79 Å². The first-order valence-electron chi connectivity index (χ1n) is 7.26. The highest BCUT2D eigenvalue weighted by atomic mass is 32.2. The Bertz CT molecular complexity index is 585. The monoisotopic (exact) mass is 315 g/mol. The molecule has 0 aliphatic rings. The number of hydrogen-bond donors (Lipinski definition) is 1. The zero-order chi connectivity index (χ0) is 15.8. The van der Waals surface area contributed by atoms with Gasteiger partial charge in [-0.15, -0.1) is 11.8 Å². The van der Waals surface area contributed by atoms with Crippen molar-refractivity contribution in [2.24, 2.45) is 0 Å². The van der Waals surface area contributed by atoms with E-state index in [0.29, 0.717) is 6.42 Å². The molecule has 5 heteroatoms.